The molecule has 0 saturated carbocycles. The Kier molecular flexibility index (Phi) is 3.78. The molecule has 1 unspecified atom stereocenters. The second-order valence-electron chi connectivity index (χ2n) is 4.28. The summed E-state index contributed by atoms with van der Waals surface area (Å²) in [6.45, 7) is 1.38. The third-order valence-electron chi connectivity index (χ3n) is 2.69. The van der Waals surface area contributed by atoms with E-state index in [1.54, 1.807) is 11.9 Å². The third kappa shape index (κ3) is 2.82. The molecule has 0 aliphatic rings. The number of fused-ring (bicyclic) bond motifs is 1. The van der Waals surface area contributed by atoms with Crippen molar-refractivity contribution in [2.24, 2.45) is 0 Å². The first-order valence-corrected chi connectivity index (χ1v) is 5.86. The molecule has 3 N–H and O–H groups in total. The highest BCUT2D eigenvalue weighted by Crippen LogP contribution is 2.17. The number of nitrogens with zero attached hydrogens (tertiary/aromatic N) is 4. The molecule has 106 valence electrons. The number of carbonyl (C=O) groups excluding carboxylic acids is 1. The topological polar surface area (TPSA) is 124 Å². The van der Waals surface area contributed by atoms with Crippen LogP contribution in [0.1, 0.15) is 6.92 Å². The fraction of sp³-hybridized carbons (Fsp3) is 0.364. The normalized spacial score (nSPS) is 12.1. The number of aliphatic carboxylic acids is 1. The molecular formula is C11H14N6O3. The summed E-state index contributed by atoms with van der Waals surface area (Å²) in [6, 6.07) is -0.937. The summed E-state index contributed by atoms with van der Waals surface area (Å²) in [4.78, 5) is 39.0. The van der Waals surface area contributed by atoms with Gasteiger partial charge in [0.15, 0.2) is 11.5 Å². The number of carboxylic acid groups (broad SMARTS) is 1. The smallest absolute Gasteiger partial charge is 0.325 e. The first-order valence-electron chi connectivity index (χ1n) is 5.86. The van der Waals surface area contributed by atoms with Crippen molar-refractivity contribution in [3.63, 3.8) is 0 Å². The van der Waals surface area contributed by atoms with E-state index in [4.69, 9.17) is 5.11 Å². The van der Waals surface area contributed by atoms with E-state index in [1.165, 1.54) is 19.6 Å². The molecule has 0 bridgehead atoms. The van der Waals surface area contributed by atoms with Crippen molar-refractivity contribution in [3.05, 3.63) is 12.7 Å². The second kappa shape index (κ2) is 5.51. The van der Waals surface area contributed by atoms with Crippen LogP contribution in [0.15, 0.2) is 12.7 Å². The molecule has 2 aromatic rings. The highest BCUT2D eigenvalue weighted by Gasteiger charge is 2.17. The van der Waals surface area contributed by atoms with Gasteiger partial charge < -0.3 is 20.3 Å². The Hall–Kier alpha value is -2.71. The van der Waals surface area contributed by atoms with Crippen LogP contribution in [-0.4, -0.2) is 56.6 Å². The summed E-state index contributed by atoms with van der Waals surface area (Å²) in [7, 11) is 1.67. The number of aromatic amines is 1. The predicted octanol–water partition coefficient (Wildman–Crippen LogP) is -0.622. The van der Waals surface area contributed by atoms with Gasteiger partial charge in [-0.2, -0.15) is 0 Å². The van der Waals surface area contributed by atoms with E-state index in [9.17, 15) is 9.59 Å². The van der Waals surface area contributed by atoms with Crippen LogP contribution in [0.5, 0.6) is 0 Å². The van der Waals surface area contributed by atoms with Gasteiger partial charge in [0.25, 0.3) is 0 Å². The largest absolute Gasteiger partial charge is 0.480 e. The van der Waals surface area contributed by atoms with Crippen LogP contribution in [0, 0.1) is 0 Å². The predicted molar refractivity (Wildman–Crippen MR) is 70.2 cm³/mol. The van der Waals surface area contributed by atoms with Crippen LogP contribution >= 0.6 is 0 Å². The van der Waals surface area contributed by atoms with Gasteiger partial charge in [0.2, 0.25) is 5.91 Å². The van der Waals surface area contributed by atoms with Crippen LogP contribution in [0.3, 0.4) is 0 Å². The van der Waals surface area contributed by atoms with Crippen molar-refractivity contribution < 1.29 is 14.7 Å². The zero-order valence-electron chi connectivity index (χ0n) is 11.0. The lowest BCUT2D eigenvalue weighted by Crippen LogP contribution is -2.43. The number of amides is 1. The van der Waals surface area contributed by atoms with Crippen LogP contribution in [0.2, 0.25) is 0 Å². The number of H-pyrrole nitrogens is 1. The highest BCUT2D eigenvalue weighted by atomic mass is 16.4. The van der Waals surface area contributed by atoms with E-state index < -0.39 is 17.9 Å². The fourth-order valence-electron chi connectivity index (χ4n) is 1.68. The second-order valence-corrected chi connectivity index (χ2v) is 4.28. The fourth-order valence-corrected chi connectivity index (χ4v) is 1.68. The number of carboxylic acids is 1. The number of rotatable bonds is 5. The van der Waals surface area contributed by atoms with Crippen molar-refractivity contribution in [2.75, 3.05) is 18.5 Å². The lowest BCUT2D eigenvalue weighted by atomic mass is 10.3. The molecule has 20 heavy (non-hydrogen) atoms. The quantitative estimate of drug-likeness (QED) is 0.665. The number of imidazole rings is 1. The number of hydrogen-bond donors (Lipinski definition) is 3. The van der Waals surface area contributed by atoms with E-state index in [0.29, 0.717) is 17.0 Å². The van der Waals surface area contributed by atoms with E-state index >= 15 is 0 Å². The lowest BCUT2D eigenvalue weighted by molar-refractivity contribution is -0.141. The summed E-state index contributed by atoms with van der Waals surface area (Å²) in [5.41, 5.74) is 1.12. The van der Waals surface area contributed by atoms with Crippen molar-refractivity contribution >= 4 is 28.9 Å². The maximum Gasteiger partial charge on any atom is 0.325 e. The minimum absolute atomic E-state index is 0.0250. The third-order valence-corrected chi connectivity index (χ3v) is 2.69. The van der Waals surface area contributed by atoms with Gasteiger partial charge >= 0.3 is 5.97 Å². The molecule has 0 fully saturated rings. The average molecular weight is 278 g/mol. The number of hydrogen-bond acceptors (Lipinski definition) is 6. The van der Waals surface area contributed by atoms with Crippen molar-refractivity contribution in [1.82, 2.24) is 25.3 Å². The summed E-state index contributed by atoms with van der Waals surface area (Å²) in [6.07, 6.45) is 2.84. The van der Waals surface area contributed by atoms with Crippen LogP contribution < -0.4 is 10.2 Å². The molecule has 9 heteroatoms. The Morgan fingerprint density at radius 2 is 2.20 bits per heavy atom. The number of anilines is 1. The van der Waals surface area contributed by atoms with Gasteiger partial charge in [-0.25, -0.2) is 15.0 Å². The zero-order valence-corrected chi connectivity index (χ0v) is 11.0. The van der Waals surface area contributed by atoms with Gasteiger partial charge in [-0.05, 0) is 6.92 Å². The van der Waals surface area contributed by atoms with Crippen LogP contribution in [0.4, 0.5) is 5.82 Å². The maximum atomic E-state index is 11.7. The minimum Gasteiger partial charge on any atom is -0.480 e. The van der Waals surface area contributed by atoms with Gasteiger partial charge in [-0.1, -0.05) is 0 Å². The van der Waals surface area contributed by atoms with Crippen LogP contribution in [-0.2, 0) is 9.59 Å². The molecule has 0 spiro atoms. The Morgan fingerprint density at radius 1 is 1.45 bits per heavy atom. The van der Waals surface area contributed by atoms with E-state index in [2.05, 4.69) is 25.3 Å². The molecule has 9 nitrogen and oxygen atoms in total. The van der Waals surface area contributed by atoms with Gasteiger partial charge in [-0.3, -0.25) is 9.59 Å². The molecular weight excluding hydrogens is 264 g/mol. The maximum absolute atomic E-state index is 11.7. The molecule has 2 heterocycles. The number of likely N-dealkylation sites (N-methyl/N-ethyl adjacent to an activating group) is 1. The molecule has 0 aromatic carbocycles. The van der Waals surface area contributed by atoms with Crippen molar-refractivity contribution in [1.29, 1.82) is 0 Å². The van der Waals surface area contributed by atoms with Gasteiger partial charge in [0, 0.05) is 7.05 Å². The van der Waals surface area contributed by atoms with E-state index in [1.807, 2.05) is 0 Å². The Morgan fingerprint density at radius 3 is 2.90 bits per heavy atom. The molecule has 0 aliphatic heterocycles. The summed E-state index contributed by atoms with van der Waals surface area (Å²) in [5, 5.41) is 11.1. The Balaban J connectivity index is 2.08. The summed E-state index contributed by atoms with van der Waals surface area (Å²) < 4.78 is 0. The van der Waals surface area contributed by atoms with Crippen LogP contribution in [0.25, 0.3) is 11.2 Å². The SMILES string of the molecule is CC(NC(=O)CN(C)c1ncnc2nc[nH]c12)C(=O)O. The molecule has 0 saturated heterocycles. The molecule has 1 amide bonds. The minimum atomic E-state index is -1.08. The highest BCUT2D eigenvalue weighted by molar-refractivity contribution is 5.89. The summed E-state index contributed by atoms with van der Waals surface area (Å²) >= 11 is 0. The first kappa shape index (κ1) is 13.7. The lowest BCUT2D eigenvalue weighted by Gasteiger charge is -2.18. The Bertz CT molecular complexity index is 640. The number of aromatic nitrogens is 4. The summed E-state index contributed by atoms with van der Waals surface area (Å²) in [5.74, 6) is -0.974. The zero-order chi connectivity index (χ0) is 14.7. The van der Waals surface area contributed by atoms with Gasteiger partial charge in [0.05, 0.1) is 12.9 Å². The van der Waals surface area contributed by atoms with E-state index in [-0.39, 0.29) is 6.54 Å². The first-order chi connectivity index (χ1) is 9.49. The Labute approximate surface area is 114 Å². The molecule has 0 aliphatic carbocycles. The average Bonchev–Trinajstić information content (AvgIpc) is 2.85. The monoisotopic (exact) mass is 278 g/mol. The van der Waals surface area contributed by atoms with Gasteiger partial charge in [-0.15, -0.1) is 0 Å². The molecule has 2 rings (SSSR count). The molecule has 1 atom stereocenters. The molecule has 0 radical (unpaired) electrons. The van der Waals surface area contributed by atoms with Crippen molar-refractivity contribution in [2.45, 2.75) is 13.0 Å². The van der Waals surface area contributed by atoms with E-state index in [0.717, 1.165) is 0 Å². The van der Waals surface area contributed by atoms with Gasteiger partial charge in [0.1, 0.15) is 17.9 Å². The molecule has 2 aromatic heterocycles. The number of nitrogens with one attached hydrogen (secondary N) is 2. The number of carbonyl (C=O) groups is 2. The standard InChI is InChI=1S/C11H14N6O3/c1-6(11(19)20)16-7(18)3-17(2)10-8-9(13-4-12-8)14-5-15-10/h4-6H,3H2,1-2H3,(H,16,18)(H,19,20)(H,12,13,14,15). The van der Waals surface area contributed by atoms with Crippen molar-refractivity contribution in [3.8, 4) is 0 Å².